The number of rotatable bonds is 6. The molecule has 59 heavy (non-hydrogen) atoms. The molecule has 322 valence electrons. The summed E-state index contributed by atoms with van der Waals surface area (Å²) in [5, 5.41) is 12.2. The number of hydrogen-bond acceptors (Lipinski definition) is 12. The highest BCUT2D eigenvalue weighted by Crippen LogP contribution is 2.44. The lowest BCUT2D eigenvalue weighted by Crippen LogP contribution is -2.61. The Bertz CT molecular complexity index is 2020. The Morgan fingerprint density at radius 3 is 2.53 bits per heavy atom. The van der Waals surface area contributed by atoms with Gasteiger partial charge in [-0.25, -0.2) is 18.4 Å². The van der Waals surface area contributed by atoms with Crippen molar-refractivity contribution in [2.75, 3.05) is 33.8 Å². The van der Waals surface area contributed by atoms with E-state index in [1.807, 2.05) is 39.8 Å². The molecule has 3 fully saturated rings. The van der Waals surface area contributed by atoms with E-state index in [2.05, 4.69) is 16.8 Å². The number of ether oxygens (including phenoxy) is 5. The van der Waals surface area contributed by atoms with E-state index in [1.165, 1.54) is 19.2 Å². The predicted molar refractivity (Wildman–Crippen MR) is 215 cm³/mol. The number of aliphatic hydroxyl groups is 1. The van der Waals surface area contributed by atoms with Crippen molar-refractivity contribution in [3.8, 4) is 11.8 Å². The fourth-order valence-electron chi connectivity index (χ4n) is 9.78. The summed E-state index contributed by atoms with van der Waals surface area (Å²) >= 11 is 0. The molecule has 0 aliphatic carbocycles. The Morgan fingerprint density at radius 2 is 1.83 bits per heavy atom. The van der Waals surface area contributed by atoms with E-state index in [-0.39, 0.29) is 56.1 Å². The fraction of sp³-hybridized carbons (Fsp3) is 0.659. The van der Waals surface area contributed by atoms with Gasteiger partial charge in [0.15, 0.2) is 17.7 Å². The van der Waals surface area contributed by atoms with E-state index < -0.39 is 83.0 Å². The molecule has 1 aromatic heterocycles. The first-order chi connectivity index (χ1) is 27.7. The molecule has 0 saturated carbocycles. The number of likely N-dealkylation sites (N-methyl/N-ethyl adjacent to an activating group) is 1. The number of ketones is 1. The molecule has 2 bridgehead atoms. The van der Waals surface area contributed by atoms with Crippen LogP contribution in [0.5, 0.6) is 0 Å². The number of Topliss-reactive ketones (excluding diaryl/α,β-unsaturated/α-hetero) is 1. The molecular formula is C44H58F2N4O9. The van der Waals surface area contributed by atoms with Crippen molar-refractivity contribution in [2.24, 2.45) is 22.7 Å². The molecule has 6 rings (SSSR count). The number of aromatic nitrogens is 1. The van der Waals surface area contributed by atoms with Gasteiger partial charge in [-0.1, -0.05) is 51.7 Å². The van der Waals surface area contributed by atoms with Gasteiger partial charge in [0.25, 0.3) is 5.67 Å². The summed E-state index contributed by atoms with van der Waals surface area (Å²) in [6.45, 7) is 13.6. The van der Waals surface area contributed by atoms with Crippen LogP contribution < -0.4 is 0 Å². The van der Waals surface area contributed by atoms with Crippen LogP contribution in [0.15, 0.2) is 35.5 Å². The van der Waals surface area contributed by atoms with Crippen LogP contribution in [0.1, 0.15) is 80.2 Å². The van der Waals surface area contributed by atoms with E-state index in [0.29, 0.717) is 17.4 Å². The van der Waals surface area contributed by atoms with Gasteiger partial charge in [0, 0.05) is 47.3 Å². The molecule has 0 unspecified atom stereocenters. The first kappa shape index (κ1) is 44.5. The number of carbonyl (C=O) groups is 3. The first-order valence-corrected chi connectivity index (χ1v) is 20.5. The highest BCUT2D eigenvalue weighted by Gasteiger charge is 2.62. The number of pyridine rings is 1. The van der Waals surface area contributed by atoms with Gasteiger partial charge in [-0.3, -0.25) is 19.7 Å². The van der Waals surface area contributed by atoms with E-state index >= 15 is 4.39 Å². The van der Waals surface area contributed by atoms with E-state index in [0.717, 1.165) is 12.6 Å². The van der Waals surface area contributed by atoms with Gasteiger partial charge < -0.3 is 33.7 Å². The second kappa shape index (κ2) is 17.1. The molecule has 13 atom stereocenters. The van der Waals surface area contributed by atoms with Gasteiger partial charge in [0.05, 0.1) is 30.4 Å². The SMILES string of the molecule is CC[C@H]1OC(=O)[C@@](C)(F)C(=O)[C@H](C)[C@@H](O[C@@H]2O[C@H](C)C[C@H](N(C)C)[C@H]2O)[C@@](C)(OCC#Cc2cnc3c(F)cccc3c2)C[C@@H](C)C2=NCCN3C(=O)O[C@@]1(C)[C@@H]3[C@@H]2C. The number of aliphatic hydroxyl groups excluding tert-OH is 1. The number of para-hydroxylation sites is 1. The standard InChI is InChI=1S/C44H58F2N4O9/c1-11-32-44(8)36-26(4)33(47-17-18-50(36)41(54)59-44)24(2)22-42(6,55-19-13-14-28-21-29-15-12-16-30(45)34(29)48-23-28)38(27(5)37(52)43(7,46)40(53)57-32)58-39-35(51)31(49(9)10)20-25(3)56-39/h12,15-16,21,23-27,31-32,35-36,38-39,51H,11,17-20,22H2,1-10H3/t24-,25-,26-,27+,31+,32-,35-,36+,38-,39+,42+,43+,44-/m1/s1. The number of esters is 1. The van der Waals surface area contributed by atoms with Crippen LogP contribution in [0.3, 0.4) is 0 Å². The lowest BCUT2D eigenvalue weighted by molar-refractivity contribution is -0.296. The van der Waals surface area contributed by atoms with Crippen LogP contribution >= 0.6 is 0 Å². The first-order valence-electron chi connectivity index (χ1n) is 20.5. The molecule has 4 aliphatic heterocycles. The summed E-state index contributed by atoms with van der Waals surface area (Å²) in [5.41, 5.74) is -4.60. The minimum atomic E-state index is -3.18. The molecule has 1 aromatic carbocycles. The topological polar surface area (TPSA) is 149 Å². The van der Waals surface area contributed by atoms with Gasteiger partial charge in [0.2, 0.25) is 0 Å². The minimum absolute atomic E-state index is 0.148. The molecular weight excluding hydrogens is 766 g/mol. The van der Waals surface area contributed by atoms with Gasteiger partial charge in [-0.05, 0) is 79.1 Å². The molecule has 1 N–H and O–H groups in total. The normalized spacial score (nSPS) is 38.2. The Hall–Kier alpha value is -4.07. The van der Waals surface area contributed by atoms with Gasteiger partial charge in [-0.15, -0.1) is 0 Å². The molecule has 4 aliphatic rings. The Morgan fingerprint density at radius 1 is 1.10 bits per heavy atom. The number of hydrogen-bond donors (Lipinski definition) is 1. The molecule has 15 heteroatoms. The number of benzene rings is 1. The van der Waals surface area contributed by atoms with E-state index in [1.54, 1.807) is 43.9 Å². The van der Waals surface area contributed by atoms with Crippen molar-refractivity contribution in [1.29, 1.82) is 0 Å². The van der Waals surface area contributed by atoms with Crippen LogP contribution in [0.25, 0.3) is 10.9 Å². The number of halogens is 2. The number of amides is 1. The van der Waals surface area contributed by atoms with Gasteiger partial charge in [0.1, 0.15) is 30.1 Å². The molecule has 3 saturated heterocycles. The Balaban J connectivity index is 1.45. The molecule has 0 spiro atoms. The Kier molecular flexibility index (Phi) is 12.9. The number of carbonyl (C=O) groups excluding carboxylic acids is 3. The van der Waals surface area contributed by atoms with Crippen molar-refractivity contribution >= 4 is 34.5 Å². The number of cyclic esters (lactones) is 1. The number of alkyl halides is 1. The third-order valence-electron chi connectivity index (χ3n) is 12.8. The summed E-state index contributed by atoms with van der Waals surface area (Å²) in [6.07, 6.45) is -3.55. The van der Waals surface area contributed by atoms with Crippen molar-refractivity contribution in [1.82, 2.24) is 14.8 Å². The lowest BCUT2D eigenvalue weighted by atomic mass is 9.72. The van der Waals surface area contributed by atoms with E-state index in [9.17, 15) is 23.9 Å². The van der Waals surface area contributed by atoms with Crippen molar-refractivity contribution < 1.29 is 52.0 Å². The molecule has 0 radical (unpaired) electrons. The second-order valence-corrected chi connectivity index (χ2v) is 17.4. The third-order valence-corrected chi connectivity index (χ3v) is 12.8. The molecule has 1 amide bonds. The maximum atomic E-state index is 17.0. The summed E-state index contributed by atoms with van der Waals surface area (Å²) in [7, 11) is 3.67. The highest BCUT2D eigenvalue weighted by molar-refractivity contribution is 6.08. The highest BCUT2D eigenvalue weighted by atomic mass is 19.1. The van der Waals surface area contributed by atoms with Crippen LogP contribution in [0.2, 0.25) is 0 Å². The van der Waals surface area contributed by atoms with Crippen molar-refractivity contribution in [3.63, 3.8) is 0 Å². The second-order valence-electron chi connectivity index (χ2n) is 17.4. The molecule has 2 aromatic rings. The minimum Gasteiger partial charge on any atom is -0.455 e. The zero-order valence-electron chi connectivity index (χ0n) is 35.7. The molecule has 13 nitrogen and oxygen atoms in total. The Labute approximate surface area is 345 Å². The average molecular weight is 825 g/mol. The monoisotopic (exact) mass is 824 g/mol. The van der Waals surface area contributed by atoms with E-state index in [4.69, 9.17) is 28.7 Å². The average Bonchev–Trinajstić information content (AvgIpc) is 3.30. The van der Waals surface area contributed by atoms with Crippen molar-refractivity contribution in [3.05, 3.63) is 41.8 Å². The number of fused-ring (bicyclic) bond motifs is 2. The molecule has 5 heterocycles. The van der Waals surface area contributed by atoms with Crippen LogP contribution in [0, 0.1) is 35.4 Å². The fourth-order valence-corrected chi connectivity index (χ4v) is 9.78. The summed E-state index contributed by atoms with van der Waals surface area (Å²) in [4.78, 5) is 54.6. The number of aliphatic imine (C=N–C) groups is 1. The predicted octanol–water partition coefficient (Wildman–Crippen LogP) is 5.28. The van der Waals surface area contributed by atoms with Crippen LogP contribution in [-0.2, 0) is 33.3 Å². The summed E-state index contributed by atoms with van der Waals surface area (Å²) in [6, 6.07) is 5.34. The maximum absolute atomic E-state index is 17.0. The zero-order valence-corrected chi connectivity index (χ0v) is 35.7. The summed E-state index contributed by atoms with van der Waals surface area (Å²) < 4.78 is 62.8. The third kappa shape index (κ3) is 8.48. The number of nitrogens with zero attached hydrogens (tertiary/aromatic N) is 4. The largest absolute Gasteiger partial charge is 0.455 e. The van der Waals surface area contributed by atoms with Crippen molar-refractivity contribution in [2.45, 2.75) is 134 Å². The quantitative estimate of drug-likeness (QED) is 0.231. The lowest BCUT2D eigenvalue weighted by Gasteiger charge is -2.47. The zero-order chi connectivity index (χ0) is 43.2. The van der Waals surface area contributed by atoms with Crippen LogP contribution in [-0.4, -0.2) is 137 Å². The smallest absolute Gasteiger partial charge is 0.410 e. The maximum Gasteiger partial charge on any atom is 0.410 e. The van der Waals surface area contributed by atoms with Crippen LogP contribution in [0.4, 0.5) is 13.6 Å². The summed E-state index contributed by atoms with van der Waals surface area (Å²) in [5.74, 6) is 0.838. The van der Waals surface area contributed by atoms with Gasteiger partial charge >= 0.3 is 12.1 Å². The van der Waals surface area contributed by atoms with Gasteiger partial charge in [-0.2, -0.15) is 0 Å².